The number of allylic oxidation sites excluding steroid dienone is 1. The van der Waals surface area contributed by atoms with Crippen LogP contribution in [0, 0.1) is 0 Å². The topological polar surface area (TPSA) is 95.5 Å². The number of anilines is 3. The number of morpholine rings is 1. The molecule has 1 fully saturated rings. The quantitative estimate of drug-likeness (QED) is 0.505. The van der Waals surface area contributed by atoms with Gasteiger partial charge in [-0.25, -0.2) is 9.37 Å². The molecule has 36 heavy (non-hydrogen) atoms. The van der Waals surface area contributed by atoms with E-state index >= 15 is 0 Å². The molecular weight excluding hydrogens is 461 g/mol. The molecule has 0 aromatic carbocycles. The second kappa shape index (κ2) is 10.5. The summed E-state index contributed by atoms with van der Waals surface area (Å²) in [5.41, 5.74) is 7.40. The Morgan fingerprint density at radius 3 is 2.75 bits per heavy atom. The number of nitrogens with zero attached hydrogens (tertiary/aromatic N) is 5. The lowest BCUT2D eigenvalue weighted by molar-refractivity contribution is -0.112. The third kappa shape index (κ3) is 5.33. The van der Waals surface area contributed by atoms with Gasteiger partial charge in [0.05, 0.1) is 30.8 Å². The van der Waals surface area contributed by atoms with Gasteiger partial charge in [0, 0.05) is 55.2 Å². The number of nitrogens with one attached hydrogen (secondary N) is 2. The molecule has 1 amide bonds. The zero-order valence-electron chi connectivity index (χ0n) is 19.8. The Balaban J connectivity index is 1.41. The first kappa shape index (κ1) is 23.4. The number of pyridine rings is 3. The molecule has 0 spiro atoms. The Bertz CT molecular complexity index is 1290. The molecule has 1 atom stereocenters. The summed E-state index contributed by atoms with van der Waals surface area (Å²) in [5.74, 6) is -0.195. The fourth-order valence-corrected chi connectivity index (χ4v) is 4.22. The van der Waals surface area contributed by atoms with E-state index in [-0.39, 0.29) is 6.04 Å². The molecule has 5 rings (SSSR count). The predicted octanol–water partition coefficient (Wildman–Crippen LogP) is 3.92. The maximum Gasteiger partial charge on any atom is 0.250 e. The van der Waals surface area contributed by atoms with Gasteiger partial charge in [0.2, 0.25) is 0 Å². The van der Waals surface area contributed by atoms with Crippen LogP contribution < -0.4 is 15.6 Å². The largest absolute Gasteiger partial charge is 0.378 e. The van der Waals surface area contributed by atoms with E-state index in [2.05, 4.69) is 30.6 Å². The fourth-order valence-electron chi connectivity index (χ4n) is 4.22. The molecule has 0 bridgehead atoms. The summed E-state index contributed by atoms with van der Waals surface area (Å²) in [6.45, 7) is 4.27. The average Bonchev–Trinajstić information content (AvgIpc) is 2.89. The maximum atomic E-state index is 13.1. The normalized spacial score (nSPS) is 17.5. The van der Waals surface area contributed by atoms with E-state index in [1.54, 1.807) is 36.9 Å². The second-order valence-electron chi connectivity index (χ2n) is 8.44. The number of amides is 1. The third-order valence-electron chi connectivity index (χ3n) is 5.87. The van der Waals surface area contributed by atoms with E-state index in [0.29, 0.717) is 24.6 Å². The predicted molar refractivity (Wildman–Crippen MR) is 136 cm³/mol. The monoisotopic (exact) mass is 487 g/mol. The molecule has 9 nitrogen and oxygen atoms in total. The van der Waals surface area contributed by atoms with Gasteiger partial charge >= 0.3 is 0 Å². The number of aromatic nitrogens is 3. The molecule has 1 unspecified atom stereocenters. The SMILES string of the molecule is C/C(F)=C/C(=O)Nc1ccnc(C2c3ccncc3C=CN2Nc2ccc(N3CCOCC3)nc2)c1. The van der Waals surface area contributed by atoms with E-state index in [4.69, 9.17) is 4.74 Å². The van der Waals surface area contributed by atoms with Crippen molar-refractivity contribution < 1.29 is 13.9 Å². The summed E-state index contributed by atoms with van der Waals surface area (Å²) >= 11 is 0. The van der Waals surface area contributed by atoms with Crippen molar-refractivity contribution in [3.05, 3.63) is 90.0 Å². The molecule has 0 radical (unpaired) electrons. The number of rotatable bonds is 6. The fraction of sp³-hybridized carbons (Fsp3) is 0.231. The van der Waals surface area contributed by atoms with Crippen LogP contribution in [0.15, 0.2) is 73.2 Å². The van der Waals surface area contributed by atoms with Crippen LogP contribution in [-0.2, 0) is 9.53 Å². The average molecular weight is 488 g/mol. The summed E-state index contributed by atoms with van der Waals surface area (Å²) in [5, 5.41) is 4.63. The molecular formula is C26H26FN7O2. The lowest BCUT2D eigenvalue weighted by atomic mass is 9.96. The standard InChI is InChI=1S/C26H26FN7O2/c1-18(27)14-25(35)31-20-4-8-29-23(15-20)26-22-5-7-28-16-19(22)6-9-34(26)32-21-2-3-24(30-17-21)33-10-12-36-13-11-33/h2-9,14-17,26,32H,10-13H2,1H3,(H,29,31,35)/b18-14-. The second-order valence-corrected chi connectivity index (χ2v) is 8.44. The molecule has 5 heterocycles. The van der Waals surface area contributed by atoms with Crippen molar-refractivity contribution >= 4 is 29.2 Å². The third-order valence-corrected chi connectivity index (χ3v) is 5.87. The number of hydrogen-bond acceptors (Lipinski definition) is 8. The van der Waals surface area contributed by atoms with Gasteiger partial charge in [0.25, 0.3) is 5.91 Å². The molecule has 3 aromatic rings. The van der Waals surface area contributed by atoms with Crippen molar-refractivity contribution in [2.75, 3.05) is 41.9 Å². The number of fused-ring (bicyclic) bond motifs is 1. The zero-order valence-corrected chi connectivity index (χ0v) is 19.8. The summed E-state index contributed by atoms with van der Waals surface area (Å²) < 4.78 is 18.6. The van der Waals surface area contributed by atoms with Gasteiger partial charge < -0.3 is 15.0 Å². The molecule has 2 aliphatic rings. The molecule has 0 saturated carbocycles. The van der Waals surface area contributed by atoms with E-state index in [1.807, 2.05) is 35.5 Å². The first-order valence-electron chi connectivity index (χ1n) is 11.6. The molecule has 1 saturated heterocycles. The van der Waals surface area contributed by atoms with Gasteiger partial charge in [0.1, 0.15) is 17.7 Å². The van der Waals surface area contributed by atoms with Crippen molar-refractivity contribution in [3.63, 3.8) is 0 Å². The van der Waals surface area contributed by atoms with Crippen LogP contribution in [0.5, 0.6) is 0 Å². The molecule has 2 aliphatic heterocycles. The van der Waals surface area contributed by atoms with Gasteiger partial charge in [-0.2, -0.15) is 0 Å². The van der Waals surface area contributed by atoms with Gasteiger partial charge in [-0.05, 0) is 48.9 Å². The van der Waals surface area contributed by atoms with E-state index in [9.17, 15) is 9.18 Å². The smallest absolute Gasteiger partial charge is 0.250 e. The maximum absolute atomic E-state index is 13.1. The van der Waals surface area contributed by atoms with Crippen LogP contribution in [-0.4, -0.2) is 52.2 Å². The Kier molecular flexibility index (Phi) is 6.85. The summed E-state index contributed by atoms with van der Waals surface area (Å²) in [7, 11) is 0. The van der Waals surface area contributed by atoms with Crippen molar-refractivity contribution in [3.8, 4) is 0 Å². The summed E-state index contributed by atoms with van der Waals surface area (Å²) in [6.07, 6.45) is 11.8. The van der Waals surface area contributed by atoms with E-state index in [1.165, 1.54) is 6.92 Å². The molecule has 0 aliphatic carbocycles. The molecule has 184 valence electrons. The molecule has 10 heteroatoms. The van der Waals surface area contributed by atoms with Gasteiger partial charge in [-0.15, -0.1) is 0 Å². The Morgan fingerprint density at radius 1 is 1.11 bits per heavy atom. The van der Waals surface area contributed by atoms with Gasteiger partial charge in [-0.1, -0.05) is 0 Å². The molecule has 2 N–H and O–H groups in total. The minimum atomic E-state index is -0.566. The number of hydrazine groups is 1. The van der Waals surface area contributed by atoms with Crippen molar-refractivity contribution in [1.82, 2.24) is 20.0 Å². The van der Waals surface area contributed by atoms with Crippen LogP contribution in [0.4, 0.5) is 21.6 Å². The first-order valence-corrected chi connectivity index (χ1v) is 11.6. The van der Waals surface area contributed by atoms with Gasteiger partial charge in [-0.3, -0.25) is 25.2 Å². The van der Waals surface area contributed by atoms with Crippen LogP contribution >= 0.6 is 0 Å². The Hall–Kier alpha value is -4.31. The van der Waals surface area contributed by atoms with Crippen LogP contribution in [0.2, 0.25) is 0 Å². The van der Waals surface area contributed by atoms with E-state index < -0.39 is 11.7 Å². The Morgan fingerprint density at radius 2 is 1.97 bits per heavy atom. The zero-order chi connectivity index (χ0) is 24.9. The van der Waals surface area contributed by atoms with Crippen molar-refractivity contribution in [1.29, 1.82) is 0 Å². The molecule has 3 aromatic heterocycles. The number of ether oxygens (including phenoxy) is 1. The lowest BCUT2D eigenvalue weighted by Crippen LogP contribution is -2.36. The van der Waals surface area contributed by atoms with Crippen LogP contribution in [0.25, 0.3) is 6.08 Å². The number of carbonyl (C=O) groups is 1. The Labute approximate surface area is 208 Å². The summed E-state index contributed by atoms with van der Waals surface area (Å²) in [4.78, 5) is 27.7. The van der Waals surface area contributed by atoms with Crippen molar-refractivity contribution in [2.24, 2.45) is 0 Å². The number of halogens is 1. The highest BCUT2D eigenvalue weighted by atomic mass is 19.1. The van der Waals surface area contributed by atoms with Crippen LogP contribution in [0.1, 0.15) is 29.8 Å². The minimum absolute atomic E-state index is 0.317. The highest BCUT2D eigenvalue weighted by molar-refractivity contribution is 5.99. The lowest BCUT2D eigenvalue weighted by Gasteiger charge is -2.35. The van der Waals surface area contributed by atoms with E-state index in [0.717, 1.165) is 41.8 Å². The highest BCUT2D eigenvalue weighted by Gasteiger charge is 2.27. The van der Waals surface area contributed by atoms with Crippen LogP contribution in [0.3, 0.4) is 0 Å². The van der Waals surface area contributed by atoms with Crippen molar-refractivity contribution in [2.45, 2.75) is 13.0 Å². The summed E-state index contributed by atoms with van der Waals surface area (Å²) in [6, 6.07) is 9.05. The minimum Gasteiger partial charge on any atom is -0.378 e. The highest BCUT2D eigenvalue weighted by Crippen LogP contribution is 2.35. The number of carbonyl (C=O) groups excluding carboxylic acids is 1. The van der Waals surface area contributed by atoms with Gasteiger partial charge in [0.15, 0.2) is 0 Å². The number of hydrogen-bond donors (Lipinski definition) is 2. The first-order chi connectivity index (χ1) is 17.6.